The summed E-state index contributed by atoms with van der Waals surface area (Å²) >= 11 is 12.4. The van der Waals surface area contributed by atoms with E-state index in [1.165, 1.54) is 13.8 Å². The Morgan fingerprint density at radius 2 is 1.72 bits per heavy atom. The van der Waals surface area contributed by atoms with E-state index >= 15 is 0 Å². The molecular weight excluding hydrogens is 545 g/mol. The van der Waals surface area contributed by atoms with Gasteiger partial charge >= 0.3 is 5.97 Å². The highest BCUT2D eigenvalue weighted by molar-refractivity contribution is 6.40. The topological polar surface area (TPSA) is 112 Å². The number of carbonyl (C=O) groups is 2. The normalized spacial score (nSPS) is 21.8. The molecule has 0 aliphatic carbocycles. The lowest BCUT2D eigenvalue weighted by Crippen LogP contribution is -2.39. The molecule has 3 aromatic rings. The number of aliphatic hydroxyl groups is 1. The lowest BCUT2D eigenvalue weighted by Gasteiger charge is -2.41. The predicted octanol–water partition coefficient (Wildman–Crippen LogP) is 4.74. The van der Waals surface area contributed by atoms with Crippen molar-refractivity contribution in [3.63, 3.8) is 0 Å². The van der Waals surface area contributed by atoms with E-state index in [2.05, 4.69) is 17.2 Å². The second kappa shape index (κ2) is 12.9. The summed E-state index contributed by atoms with van der Waals surface area (Å²) in [6.45, 7) is 5.50. The van der Waals surface area contributed by atoms with Crippen LogP contribution >= 0.6 is 23.2 Å². The van der Waals surface area contributed by atoms with Gasteiger partial charge in [-0.3, -0.25) is 9.59 Å². The number of amides is 1. The fourth-order valence-electron chi connectivity index (χ4n) is 4.42. The average molecular weight is 576 g/mol. The van der Waals surface area contributed by atoms with Crippen LogP contribution in [0.5, 0.6) is 0 Å². The Morgan fingerprint density at radius 3 is 2.31 bits per heavy atom. The maximum atomic E-state index is 12.2. The highest BCUT2D eigenvalue weighted by Crippen LogP contribution is 2.42. The van der Waals surface area contributed by atoms with Crippen molar-refractivity contribution < 1.29 is 28.9 Å². The third-order valence-electron chi connectivity index (χ3n) is 6.66. The summed E-state index contributed by atoms with van der Waals surface area (Å²) in [5.41, 5.74) is 3.45. The molecule has 2 heterocycles. The van der Waals surface area contributed by atoms with E-state index < -0.39 is 18.4 Å². The number of hydrogen-bond acceptors (Lipinski definition) is 7. The van der Waals surface area contributed by atoms with Crippen molar-refractivity contribution in [3.8, 4) is 0 Å². The van der Waals surface area contributed by atoms with Gasteiger partial charge in [0.05, 0.1) is 31.7 Å². The van der Waals surface area contributed by atoms with Crippen LogP contribution in [0.4, 0.5) is 0 Å². The van der Waals surface area contributed by atoms with Crippen molar-refractivity contribution >= 4 is 35.1 Å². The number of hydrogen-bond donors (Lipinski definition) is 2. The number of nitrogens with zero attached hydrogens (tertiary/aromatic N) is 2. The first-order valence-electron chi connectivity index (χ1n) is 12.6. The van der Waals surface area contributed by atoms with Crippen molar-refractivity contribution in [1.29, 1.82) is 0 Å². The maximum absolute atomic E-state index is 12.2. The van der Waals surface area contributed by atoms with Gasteiger partial charge in [0, 0.05) is 24.9 Å². The highest BCUT2D eigenvalue weighted by atomic mass is 35.5. The van der Waals surface area contributed by atoms with Crippen molar-refractivity contribution in [2.45, 2.75) is 65.1 Å². The molecule has 9 nitrogen and oxygen atoms in total. The van der Waals surface area contributed by atoms with E-state index in [4.69, 9.17) is 37.4 Å². The zero-order chi connectivity index (χ0) is 28.1. The number of rotatable bonds is 9. The van der Waals surface area contributed by atoms with E-state index in [0.717, 1.165) is 22.3 Å². The molecule has 11 heteroatoms. The van der Waals surface area contributed by atoms with Gasteiger partial charge in [-0.1, -0.05) is 78.7 Å². The van der Waals surface area contributed by atoms with Gasteiger partial charge < -0.3 is 29.2 Å². The number of imidazole rings is 1. The van der Waals surface area contributed by atoms with Crippen LogP contribution in [0.1, 0.15) is 55.4 Å². The second-order valence-electron chi connectivity index (χ2n) is 9.51. The molecule has 1 aliphatic rings. The van der Waals surface area contributed by atoms with Gasteiger partial charge in [-0.15, -0.1) is 0 Å². The largest absolute Gasteiger partial charge is 0.453 e. The second-order valence-corrected chi connectivity index (χ2v) is 10.2. The minimum absolute atomic E-state index is 0.0366. The summed E-state index contributed by atoms with van der Waals surface area (Å²) in [6, 6.07) is 15.2. The van der Waals surface area contributed by atoms with Gasteiger partial charge in [-0.05, 0) is 23.6 Å². The van der Waals surface area contributed by atoms with Gasteiger partial charge in [0.1, 0.15) is 5.15 Å². The Hall–Kier alpha value is -2.95. The first-order chi connectivity index (χ1) is 18.7. The van der Waals surface area contributed by atoms with Crippen LogP contribution in [0.15, 0.2) is 54.9 Å². The highest BCUT2D eigenvalue weighted by Gasteiger charge is 2.38. The van der Waals surface area contributed by atoms with Crippen molar-refractivity contribution in [1.82, 2.24) is 14.9 Å². The van der Waals surface area contributed by atoms with Gasteiger partial charge in [-0.2, -0.15) is 0 Å². The summed E-state index contributed by atoms with van der Waals surface area (Å²) < 4.78 is 19.6. The molecule has 39 heavy (non-hydrogen) atoms. The predicted molar refractivity (Wildman–Crippen MR) is 145 cm³/mol. The first kappa shape index (κ1) is 29.0. The van der Waals surface area contributed by atoms with Crippen LogP contribution in [0, 0.1) is 5.92 Å². The first-order valence-corrected chi connectivity index (χ1v) is 13.3. The maximum Gasteiger partial charge on any atom is 0.303 e. The molecule has 2 N–H and O–H groups in total. The Bertz CT molecular complexity index is 1280. The van der Waals surface area contributed by atoms with Crippen LogP contribution in [0.3, 0.4) is 0 Å². The zero-order valence-corrected chi connectivity index (χ0v) is 23.4. The lowest BCUT2D eigenvalue weighted by molar-refractivity contribution is -0.276. The van der Waals surface area contributed by atoms with Gasteiger partial charge in [0.25, 0.3) is 5.91 Å². The Kier molecular flexibility index (Phi) is 9.63. The van der Waals surface area contributed by atoms with Gasteiger partial charge in [0.2, 0.25) is 0 Å². The molecule has 1 fully saturated rings. The third-order valence-corrected chi connectivity index (χ3v) is 7.43. The molecule has 0 saturated carbocycles. The third kappa shape index (κ3) is 7.17. The van der Waals surface area contributed by atoms with Gasteiger partial charge in [0.15, 0.2) is 17.5 Å². The zero-order valence-electron chi connectivity index (χ0n) is 21.8. The smallest absolute Gasteiger partial charge is 0.303 e. The summed E-state index contributed by atoms with van der Waals surface area (Å²) in [5, 5.41) is 12.8. The van der Waals surface area contributed by atoms with Crippen LogP contribution in [0.25, 0.3) is 0 Å². The van der Waals surface area contributed by atoms with Crippen molar-refractivity contribution in [3.05, 3.63) is 87.4 Å². The van der Waals surface area contributed by atoms with Crippen molar-refractivity contribution in [2.24, 2.45) is 5.92 Å². The molecule has 1 amide bonds. The molecular formula is C28H31Cl2N3O6. The Labute approximate surface area is 237 Å². The standard InChI is InChI=1S/C28H31Cl2N3O6/c1-16-23(13-33-15-32-25(29)26(33)30)38-28(39-24(16)21-8-6-20(14-34)7-9-21)22-10-4-19(5-11-22)12-31-27(36)17(2)37-18(3)35/h4-11,15-17,23-24,28,34H,12-14H2,1-3H3,(H,31,36)/t16-,17-,23+,24+,28+/m0/s1. The average Bonchev–Trinajstić information content (AvgIpc) is 3.25. The van der Waals surface area contributed by atoms with Crippen LogP contribution in [0.2, 0.25) is 10.3 Å². The summed E-state index contributed by atoms with van der Waals surface area (Å²) in [7, 11) is 0. The molecule has 5 atom stereocenters. The Morgan fingerprint density at radius 1 is 1.08 bits per heavy atom. The minimum Gasteiger partial charge on any atom is -0.453 e. The van der Waals surface area contributed by atoms with Crippen molar-refractivity contribution in [2.75, 3.05) is 0 Å². The molecule has 0 bridgehead atoms. The van der Waals surface area contributed by atoms with E-state index in [9.17, 15) is 14.7 Å². The number of aliphatic hydroxyl groups excluding tert-OH is 1. The summed E-state index contributed by atoms with van der Waals surface area (Å²) in [5.74, 6) is -0.936. The van der Waals surface area contributed by atoms with E-state index in [1.807, 2.05) is 48.5 Å². The SMILES string of the molecule is CC(=O)O[C@@H](C)C(=O)NCc1ccc([C@@H]2O[C@H](Cn3cnc(Cl)c3Cl)[C@H](C)[C@H](c3ccc(CO)cc3)O2)cc1. The number of ether oxygens (including phenoxy) is 3. The molecule has 1 saturated heterocycles. The number of carbonyl (C=O) groups excluding carboxylic acids is 2. The number of benzene rings is 2. The summed E-state index contributed by atoms with van der Waals surface area (Å²) in [6.07, 6.45) is -0.523. The molecule has 0 radical (unpaired) electrons. The number of halogens is 2. The van der Waals surface area contributed by atoms with E-state index in [-0.39, 0.29) is 42.3 Å². The minimum atomic E-state index is -0.869. The fourth-order valence-corrected chi connectivity index (χ4v) is 4.73. The molecule has 1 aliphatic heterocycles. The fraction of sp³-hybridized carbons (Fsp3) is 0.393. The number of aromatic nitrogens is 2. The molecule has 2 aromatic carbocycles. The summed E-state index contributed by atoms with van der Waals surface area (Å²) in [4.78, 5) is 27.3. The number of esters is 1. The molecule has 0 spiro atoms. The molecule has 4 rings (SSSR count). The molecule has 1 aromatic heterocycles. The lowest BCUT2D eigenvalue weighted by atomic mass is 9.90. The number of nitrogens with one attached hydrogen (secondary N) is 1. The van der Waals surface area contributed by atoms with E-state index in [0.29, 0.717) is 11.7 Å². The van der Waals surface area contributed by atoms with Crippen LogP contribution in [-0.4, -0.2) is 38.7 Å². The van der Waals surface area contributed by atoms with Gasteiger partial charge in [-0.25, -0.2) is 4.98 Å². The van der Waals surface area contributed by atoms with E-state index in [1.54, 1.807) is 10.9 Å². The van der Waals surface area contributed by atoms with Crippen LogP contribution < -0.4 is 5.32 Å². The molecule has 208 valence electrons. The Balaban J connectivity index is 1.51. The monoisotopic (exact) mass is 575 g/mol. The quantitative estimate of drug-likeness (QED) is 0.354. The molecule has 0 unspecified atom stereocenters. The van der Waals surface area contributed by atoms with Crippen LogP contribution in [-0.2, 0) is 43.5 Å².